The molecule has 0 aliphatic rings. The number of carbonyl (C=O) groups is 4. The van der Waals surface area contributed by atoms with Gasteiger partial charge in [-0.05, 0) is 12.0 Å². The van der Waals surface area contributed by atoms with Gasteiger partial charge in [-0.2, -0.15) is 13.2 Å². The molecule has 0 rings (SSSR count). The quantitative estimate of drug-likeness (QED) is 0.376. The maximum Gasteiger partial charge on any atom is 0.490 e. The first-order valence-electron chi connectivity index (χ1n) is 6.35. The molecule has 0 unspecified atom stereocenters. The highest BCUT2D eigenvalue weighted by Gasteiger charge is 2.38. The Balaban J connectivity index is 0. The predicted octanol–water partition coefficient (Wildman–Crippen LogP) is 0.123. The highest BCUT2D eigenvalue weighted by atomic mass is 19.4. The molecule has 0 aromatic rings. The number of carboxylic acids is 3. The largest absolute Gasteiger partial charge is 0.490 e. The number of nitrogens with one attached hydrogen (secondary N) is 1. The molecule has 0 aliphatic carbocycles. The molecule has 0 aromatic carbocycles. The molecule has 0 spiro atoms. The van der Waals surface area contributed by atoms with Crippen LogP contribution in [0.3, 0.4) is 0 Å². The Kier molecular flexibility index (Phi) is 10.5. The van der Waals surface area contributed by atoms with Crippen molar-refractivity contribution in [3.8, 4) is 0 Å². The zero-order valence-corrected chi connectivity index (χ0v) is 12.7. The molecule has 0 bridgehead atoms. The molecule has 0 saturated carbocycles. The second kappa shape index (κ2) is 10.8. The molecule has 1 amide bonds. The van der Waals surface area contributed by atoms with Gasteiger partial charge in [-0.3, -0.25) is 9.59 Å². The third-order valence-electron chi connectivity index (χ3n) is 2.43. The second-order valence-corrected chi connectivity index (χ2v) is 4.40. The molecule has 12 heteroatoms. The van der Waals surface area contributed by atoms with E-state index in [1.54, 1.807) is 0 Å². The second-order valence-electron chi connectivity index (χ2n) is 4.40. The van der Waals surface area contributed by atoms with Crippen LogP contribution in [0.2, 0.25) is 0 Å². The van der Waals surface area contributed by atoms with Crippen molar-refractivity contribution < 1.29 is 47.7 Å². The van der Waals surface area contributed by atoms with E-state index in [9.17, 15) is 27.6 Å². The number of alkyl halides is 3. The van der Waals surface area contributed by atoms with E-state index in [-0.39, 0.29) is 18.4 Å². The number of amides is 1. The van der Waals surface area contributed by atoms with Crippen LogP contribution in [-0.4, -0.2) is 57.4 Å². The van der Waals surface area contributed by atoms with Gasteiger partial charge in [0.2, 0.25) is 5.91 Å². The minimum Gasteiger partial charge on any atom is -0.480 e. The van der Waals surface area contributed by atoms with Crippen LogP contribution in [-0.2, 0) is 19.2 Å². The summed E-state index contributed by atoms with van der Waals surface area (Å²) < 4.78 is 31.7. The lowest BCUT2D eigenvalue weighted by molar-refractivity contribution is -0.192. The van der Waals surface area contributed by atoms with Crippen LogP contribution >= 0.6 is 0 Å². The average molecular weight is 370 g/mol. The standard InChI is InChI=1S/C11H16N2O5.C2HF3O2/c1-3-6(2)9(11(17)18)13-8(14)5-4-7(12)10(15)16;3-2(4,5)1(6)7/h3,7,9H,1-2,4-5,12H2,(H,13,14)(H,15,16)(H,17,18);(H,6,7)/t7-,9-;/m0./s1. The Hall–Kier alpha value is -2.89. The van der Waals surface area contributed by atoms with Gasteiger partial charge in [-0.25, -0.2) is 9.59 Å². The van der Waals surface area contributed by atoms with E-state index in [1.807, 2.05) is 0 Å². The smallest absolute Gasteiger partial charge is 0.480 e. The fraction of sp³-hybridized carbons (Fsp3) is 0.385. The highest BCUT2D eigenvalue weighted by molar-refractivity contribution is 5.86. The summed E-state index contributed by atoms with van der Waals surface area (Å²) in [5, 5.41) is 26.7. The van der Waals surface area contributed by atoms with Gasteiger partial charge in [0.25, 0.3) is 0 Å². The molecular weight excluding hydrogens is 353 g/mol. The van der Waals surface area contributed by atoms with Gasteiger partial charge >= 0.3 is 24.1 Å². The summed E-state index contributed by atoms with van der Waals surface area (Å²) in [5.41, 5.74) is 5.35. The van der Waals surface area contributed by atoms with Crippen LogP contribution in [0.4, 0.5) is 13.2 Å². The maximum atomic E-state index is 11.4. The van der Waals surface area contributed by atoms with E-state index in [2.05, 4.69) is 18.5 Å². The molecule has 6 N–H and O–H groups in total. The first-order valence-corrected chi connectivity index (χ1v) is 6.35. The maximum absolute atomic E-state index is 11.4. The van der Waals surface area contributed by atoms with Crippen LogP contribution in [0.5, 0.6) is 0 Å². The zero-order chi connectivity index (χ0) is 20.4. The first kappa shape index (κ1) is 24.4. The molecule has 0 radical (unpaired) electrons. The van der Waals surface area contributed by atoms with Crippen molar-refractivity contribution in [2.45, 2.75) is 31.1 Å². The van der Waals surface area contributed by atoms with E-state index in [1.165, 1.54) is 6.08 Å². The zero-order valence-electron chi connectivity index (χ0n) is 12.7. The summed E-state index contributed by atoms with van der Waals surface area (Å²) in [6, 6.07) is -2.42. The van der Waals surface area contributed by atoms with Crippen LogP contribution in [0.25, 0.3) is 0 Å². The van der Waals surface area contributed by atoms with Crippen molar-refractivity contribution in [2.24, 2.45) is 5.73 Å². The van der Waals surface area contributed by atoms with Gasteiger partial charge in [-0.1, -0.05) is 19.2 Å². The molecule has 0 aliphatic heterocycles. The SMILES string of the molecule is C=CC(=C)[C@H](NC(=O)CC[C@H](N)C(=O)O)C(=O)O.O=C(O)C(F)(F)F. The Labute approximate surface area is 139 Å². The Morgan fingerprint density at radius 3 is 1.84 bits per heavy atom. The Bertz CT molecular complexity index is 546. The van der Waals surface area contributed by atoms with Crippen molar-refractivity contribution in [3.05, 3.63) is 24.8 Å². The monoisotopic (exact) mass is 370 g/mol. The number of rotatable bonds is 8. The van der Waals surface area contributed by atoms with Crippen LogP contribution in [0.1, 0.15) is 12.8 Å². The summed E-state index contributed by atoms with van der Waals surface area (Å²) in [6.07, 6.45) is -4.11. The number of halogens is 3. The lowest BCUT2D eigenvalue weighted by Gasteiger charge is -2.15. The lowest BCUT2D eigenvalue weighted by Crippen LogP contribution is -2.42. The third kappa shape index (κ3) is 11.3. The summed E-state index contributed by atoms with van der Waals surface area (Å²) in [4.78, 5) is 41.6. The van der Waals surface area contributed by atoms with Gasteiger partial charge in [-0.15, -0.1) is 0 Å². The summed E-state index contributed by atoms with van der Waals surface area (Å²) in [7, 11) is 0. The molecule has 0 heterocycles. The number of carboxylic acid groups (broad SMARTS) is 3. The Morgan fingerprint density at radius 1 is 1.12 bits per heavy atom. The molecule has 25 heavy (non-hydrogen) atoms. The van der Waals surface area contributed by atoms with Crippen molar-refractivity contribution in [1.29, 1.82) is 0 Å². The molecular formula is C13H17F3N2O7. The molecule has 142 valence electrons. The fourth-order valence-corrected chi connectivity index (χ4v) is 1.07. The van der Waals surface area contributed by atoms with E-state index in [0.717, 1.165) is 0 Å². The van der Waals surface area contributed by atoms with Gasteiger partial charge in [0, 0.05) is 6.42 Å². The van der Waals surface area contributed by atoms with E-state index in [4.69, 9.17) is 25.8 Å². The van der Waals surface area contributed by atoms with Crippen molar-refractivity contribution in [1.82, 2.24) is 5.32 Å². The van der Waals surface area contributed by atoms with Gasteiger partial charge in [0.1, 0.15) is 6.04 Å². The topological polar surface area (TPSA) is 167 Å². The number of nitrogens with two attached hydrogens (primary N) is 1. The van der Waals surface area contributed by atoms with E-state index in [0.29, 0.717) is 0 Å². The summed E-state index contributed by atoms with van der Waals surface area (Å²) >= 11 is 0. The highest BCUT2D eigenvalue weighted by Crippen LogP contribution is 2.13. The van der Waals surface area contributed by atoms with Crippen molar-refractivity contribution in [3.63, 3.8) is 0 Å². The molecule has 0 fully saturated rings. The van der Waals surface area contributed by atoms with E-state index >= 15 is 0 Å². The number of aliphatic carboxylic acids is 3. The Morgan fingerprint density at radius 2 is 1.56 bits per heavy atom. The van der Waals surface area contributed by atoms with Crippen molar-refractivity contribution >= 4 is 23.8 Å². The molecule has 2 atom stereocenters. The number of hydrogen-bond donors (Lipinski definition) is 5. The lowest BCUT2D eigenvalue weighted by atomic mass is 10.1. The predicted molar refractivity (Wildman–Crippen MR) is 77.4 cm³/mol. The van der Waals surface area contributed by atoms with Gasteiger partial charge in [0.05, 0.1) is 0 Å². The van der Waals surface area contributed by atoms with Crippen LogP contribution < -0.4 is 11.1 Å². The molecule has 0 aromatic heterocycles. The molecule has 0 saturated heterocycles. The first-order chi connectivity index (χ1) is 11.2. The van der Waals surface area contributed by atoms with E-state index < -0.39 is 42.1 Å². The number of hydrogen-bond acceptors (Lipinski definition) is 5. The van der Waals surface area contributed by atoms with Gasteiger partial charge < -0.3 is 26.4 Å². The molecule has 9 nitrogen and oxygen atoms in total. The minimum absolute atomic E-state index is 0.0753. The normalized spacial score (nSPS) is 12.6. The number of carbonyl (C=O) groups excluding carboxylic acids is 1. The minimum atomic E-state index is -5.08. The van der Waals surface area contributed by atoms with Crippen LogP contribution in [0.15, 0.2) is 24.8 Å². The fourth-order valence-electron chi connectivity index (χ4n) is 1.07. The summed E-state index contributed by atoms with van der Waals surface area (Å²) in [5.74, 6) is -5.85. The van der Waals surface area contributed by atoms with Gasteiger partial charge in [0.15, 0.2) is 6.04 Å². The summed E-state index contributed by atoms with van der Waals surface area (Å²) in [6.45, 7) is 6.80. The van der Waals surface area contributed by atoms with Crippen molar-refractivity contribution in [2.75, 3.05) is 0 Å². The van der Waals surface area contributed by atoms with Crippen LogP contribution in [0, 0.1) is 0 Å². The average Bonchev–Trinajstić information content (AvgIpc) is 2.48. The third-order valence-corrected chi connectivity index (χ3v) is 2.43.